The van der Waals surface area contributed by atoms with Crippen molar-refractivity contribution in [2.45, 2.75) is 57.9 Å². The van der Waals surface area contributed by atoms with Crippen molar-refractivity contribution in [2.24, 2.45) is 23.2 Å². The van der Waals surface area contributed by atoms with Crippen LogP contribution >= 0.6 is 0 Å². The van der Waals surface area contributed by atoms with Gasteiger partial charge in [-0.3, -0.25) is 9.59 Å². The third kappa shape index (κ3) is 4.43. The minimum Gasteiger partial charge on any atom is -0.371 e. The summed E-state index contributed by atoms with van der Waals surface area (Å²) >= 11 is 0. The third-order valence-corrected chi connectivity index (χ3v) is 8.83. The molecule has 0 atom stereocenters. The highest BCUT2D eigenvalue weighted by atomic mass is 19.1. The van der Waals surface area contributed by atoms with E-state index in [0.717, 1.165) is 56.4 Å². The number of nitrogens with zero attached hydrogens (tertiary/aromatic N) is 1. The van der Waals surface area contributed by atoms with Gasteiger partial charge in [-0.1, -0.05) is 12.1 Å². The van der Waals surface area contributed by atoms with Crippen LogP contribution in [0.3, 0.4) is 0 Å². The van der Waals surface area contributed by atoms with Gasteiger partial charge in [0.2, 0.25) is 5.91 Å². The van der Waals surface area contributed by atoms with E-state index in [0.29, 0.717) is 35.5 Å². The molecular formula is C29H34FN3O2. The molecule has 0 aromatic heterocycles. The second-order valence-electron chi connectivity index (χ2n) is 11.4. The molecule has 0 radical (unpaired) electrons. The minimum absolute atomic E-state index is 0.142. The van der Waals surface area contributed by atoms with Gasteiger partial charge in [0.25, 0.3) is 5.91 Å². The van der Waals surface area contributed by atoms with Crippen LogP contribution in [0, 0.1) is 29.0 Å². The Bertz CT molecular complexity index is 1090. The molecule has 2 N–H and O–H groups in total. The second kappa shape index (κ2) is 8.96. The largest absolute Gasteiger partial charge is 0.371 e. The maximum atomic E-state index is 13.6. The fraction of sp³-hybridized carbons (Fsp3) is 0.517. The molecule has 1 heterocycles. The molecule has 5 aliphatic rings. The van der Waals surface area contributed by atoms with E-state index in [9.17, 15) is 14.0 Å². The Hall–Kier alpha value is -2.89. The SMILES string of the molecule is O=C(NCc1ccc(F)cc1)c1cc(NC(=O)C23CC4CC(CC(C4)C2)C3)ccc1N1CCCC1. The molecule has 2 aromatic carbocycles. The number of hydrogen-bond donors (Lipinski definition) is 2. The number of carbonyl (C=O) groups excluding carboxylic acids is 2. The molecule has 2 amide bonds. The molecule has 6 heteroatoms. The smallest absolute Gasteiger partial charge is 0.253 e. The second-order valence-corrected chi connectivity index (χ2v) is 11.4. The highest BCUT2D eigenvalue weighted by molar-refractivity contribution is 6.03. The first-order chi connectivity index (χ1) is 17.0. The zero-order chi connectivity index (χ0) is 24.0. The molecule has 4 aliphatic carbocycles. The Labute approximate surface area is 206 Å². The lowest BCUT2D eigenvalue weighted by molar-refractivity contribution is -0.140. The van der Waals surface area contributed by atoms with Crippen LogP contribution in [0.15, 0.2) is 42.5 Å². The molecule has 5 nitrogen and oxygen atoms in total. The summed E-state index contributed by atoms with van der Waals surface area (Å²) < 4.78 is 13.2. The lowest BCUT2D eigenvalue weighted by Crippen LogP contribution is -2.51. The van der Waals surface area contributed by atoms with E-state index in [1.807, 2.05) is 18.2 Å². The first-order valence-electron chi connectivity index (χ1n) is 13.2. The highest BCUT2D eigenvalue weighted by Crippen LogP contribution is 2.60. The lowest BCUT2D eigenvalue weighted by atomic mass is 9.49. The maximum absolute atomic E-state index is 13.6. The molecule has 5 fully saturated rings. The number of amides is 2. The van der Waals surface area contributed by atoms with Crippen LogP contribution in [-0.4, -0.2) is 24.9 Å². The van der Waals surface area contributed by atoms with Crippen molar-refractivity contribution >= 4 is 23.2 Å². The summed E-state index contributed by atoms with van der Waals surface area (Å²) in [5, 5.41) is 6.20. The molecular weight excluding hydrogens is 441 g/mol. The summed E-state index contributed by atoms with van der Waals surface area (Å²) in [5.74, 6) is 1.79. The standard InChI is InChI=1S/C29H34FN3O2/c30-23-5-3-19(4-6-23)18-31-27(34)25-14-24(7-8-26(25)33-9-1-2-10-33)32-28(35)29-15-20-11-21(16-29)13-22(12-20)17-29/h3-8,14,20-22H,1-2,9-13,15-18H2,(H,31,34)(H,32,35). The molecule has 184 valence electrons. The van der Waals surface area contributed by atoms with Crippen LogP contribution in [0.5, 0.6) is 0 Å². The van der Waals surface area contributed by atoms with Gasteiger partial charge in [0.05, 0.1) is 11.0 Å². The predicted molar refractivity (Wildman–Crippen MR) is 135 cm³/mol. The van der Waals surface area contributed by atoms with Crippen LogP contribution in [0.4, 0.5) is 15.8 Å². The van der Waals surface area contributed by atoms with E-state index < -0.39 is 0 Å². The Kier molecular flexibility index (Phi) is 5.78. The molecule has 0 unspecified atom stereocenters. The van der Waals surface area contributed by atoms with Gasteiger partial charge in [0.1, 0.15) is 5.82 Å². The molecule has 2 aromatic rings. The van der Waals surface area contributed by atoms with Crippen molar-refractivity contribution in [3.05, 3.63) is 59.4 Å². The molecule has 1 saturated heterocycles. The fourth-order valence-electron chi connectivity index (χ4n) is 7.56. The number of rotatable bonds is 6. The van der Waals surface area contributed by atoms with E-state index >= 15 is 0 Å². The van der Waals surface area contributed by atoms with Gasteiger partial charge in [0.15, 0.2) is 0 Å². The number of carbonyl (C=O) groups is 2. The van der Waals surface area contributed by atoms with Crippen molar-refractivity contribution in [3.8, 4) is 0 Å². The lowest BCUT2D eigenvalue weighted by Gasteiger charge is -2.55. The van der Waals surface area contributed by atoms with Gasteiger partial charge >= 0.3 is 0 Å². The van der Waals surface area contributed by atoms with Crippen LogP contribution in [0.2, 0.25) is 0 Å². The Morgan fingerprint density at radius 1 is 0.914 bits per heavy atom. The molecule has 1 aliphatic heterocycles. The van der Waals surface area contributed by atoms with E-state index in [1.54, 1.807) is 12.1 Å². The number of hydrogen-bond acceptors (Lipinski definition) is 3. The Balaban J connectivity index is 1.22. The van der Waals surface area contributed by atoms with Gasteiger partial charge in [-0.25, -0.2) is 4.39 Å². The summed E-state index contributed by atoms with van der Waals surface area (Å²) in [6.07, 6.45) is 9.17. The fourth-order valence-corrected chi connectivity index (χ4v) is 7.56. The number of anilines is 2. The monoisotopic (exact) mass is 475 g/mol. The van der Waals surface area contributed by atoms with Crippen LogP contribution in [0.1, 0.15) is 67.3 Å². The van der Waals surface area contributed by atoms with E-state index in [-0.39, 0.29) is 23.0 Å². The maximum Gasteiger partial charge on any atom is 0.253 e. The average Bonchev–Trinajstić information content (AvgIpc) is 3.37. The van der Waals surface area contributed by atoms with E-state index in [1.165, 1.54) is 31.4 Å². The normalized spacial score (nSPS) is 28.8. The quantitative estimate of drug-likeness (QED) is 0.579. The van der Waals surface area contributed by atoms with Crippen LogP contribution in [-0.2, 0) is 11.3 Å². The summed E-state index contributed by atoms with van der Waals surface area (Å²) in [5.41, 5.74) is 2.80. The van der Waals surface area contributed by atoms with Crippen LogP contribution in [0.25, 0.3) is 0 Å². The number of halogens is 1. The van der Waals surface area contributed by atoms with Gasteiger partial charge < -0.3 is 15.5 Å². The topological polar surface area (TPSA) is 61.4 Å². The van der Waals surface area contributed by atoms with Crippen molar-refractivity contribution in [2.75, 3.05) is 23.3 Å². The highest BCUT2D eigenvalue weighted by Gasteiger charge is 2.54. The van der Waals surface area contributed by atoms with Gasteiger partial charge in [-0.2, -0.15) is 0 Å². The van der Waals surface area contributed by atoms with Crippen molar-refractivity contribution in [1.82, 2.24) is 5.32 Å². The van der Waals surface area contributed by atoms with E-state index in [2.05, 4.69) is 15.5 Å². The molecule has 7 rings (SSSR count). The number of benzene rings is 2. The third-order valence-electron chi connectivity index (χ3n) is 8.83. The number of nitrogens with one attached hydrogen (secondary N) is 2. The van der Waals surface area contributed by atoms with Gasteiger partial charge in [-0.05, 0) is 105 Å². The molecule has 0 spiro atoms. The summed E-state index contributed by atoms with van der Waals surface area (Å²) in [6.45, 7) is 2.18. The zero-order valence-electron chi connectivity index (χ0n) is 20.2. The predicted octanol–water partition coefficient (Wildman–Crippen LogP) is 5.51. The molecule has 35 heavy (non-hydrogen) atoms. The Morgan fingerprint density at radius 2 is 1.54 bits per heavy atom. The Morgan fingerprint density at radius 3 is 2.17 bits per heavy atom. The summed E-state index contributed by atoms with van der Waals surface area (Å²) in [4.78, 5) is 29.1. The summed E-state index contributed by atoms with van der Waals surface area (Å²) in [6, 6.07) is 11.9. The first kappa shape index (κ1) is 22.6. The zero-order valence-corrected chi connectivity index (χ0v) is 20.2. The molecule has 4 bridgehead atoms. The first-order valence-corrected chi connectivity index (χ1v) is 13.2. The summed E-state index contributed by atoms with van der Waals surface area (Å²) in [7, 11) is 0. The van der Waals surface area contributed by atoms with Crippen molar-refractivity contribution < 1.29 is 14.0 Å². The minimum atomic E-state index is -0.293. The van der Waals surface area contributed by atoms with E-state index in [4.69, 9.17) is 0 Å². The van der Waals surface area contributed by atoms with Crippen LogP contribution < -0.4 is 15.5 Å². The van der Waals surface area contributed by atoms with Crippen molar-refractivity contribution in [3.63, 3.8) is 0 Å². The van der Waals surface area contributed by atoms with Gasteiger partial charge in [-0.15, -0.1) is 0 Å². The van der Waals surface area contributed by atoms with Crippen molar-refractivity contribution in [1.29, 1.82) is 0 Å². The molecule has 4 saturated carbocycles. The average molecular weight is 476 g/mol. The van der Waals surface area contributed by atoms with Gasteiger partial charge in [0, 0.05) is 31.0 Å².